The lowest BCUT2D eigenvalue weighted by Gasteiger charge is -2.23. The van der Waals surface area contributed by atoms with E-state index in [1.165, 1.54) is 0 Å². The number of hydrogen-bond donors (Lipinski definition) is 2. The average Bonchev–Trinajstić information content (AvgIpc) is 2.31. The number of benzene rings is 1. The van der Waals surface area contributed by atoms with Crippen molar-refractivity contribution in [2.75, 3.05) is 12.4 Å². The van der Waals surface area contributed by atoms with Crippen LogP contribution in [-0.4, -0.2) is 18.6 Å². The largest absolute Gasteiger partial charge is 0.497 e. The van der Waals surface area contributed by atoms with Gasteiger partial charge in [-0.1, -0.05) is 24.9 Å². The van der Waals surface area contributed by atoms with Crippen LogP contribution in [-0.2, 0) is 4.79 Å². The fourth-order valence-corrected chi connectivity index (χ4v) is 1.79. The molecule has 0 bridgehead atoms. The fourth-order valence-electron chi connectivity index (χ4n) is 1.63. The Balaban J connectivity index is 2.87. The number of anilines is 1. The summed E-state index contributed by atoms with van der Waals surface area (Å²) in [6.07, 6.45) is 1.45. The fraction of sp³-hybridized carbons (Fsp3) is 0.462. The van der Waals surface area contributed by atoms with Crippen LogP contribution in [0, 0.1) is 0 Å². The third-order valence-corrected chi connectivity index (χ3v) is 3.04. The van der Waals surface area contributed by atoms with E-state index in [-0.39, 0.29) is 5.91 Å². The minimum absolute atomic E-state index is 0.250. The first-order valence-electron chi connectivity index (χ1n) is 5.84. The van der Waals surface area contributed by atoms with Crippen LogP contribution in [0.1, 0.15) is 26.7 Å². The second-order valence-corrected chi connectivity index (χ2v) is 4.87. The molecule has 0 aliphatic carbocycles. The van der Waals surface area contributed by atoms with E-state index in [4.69, 9.17) is 22.1 Å². The van der Waals surface area contributed by atoms with E-state index >= 15 is 0 Å². The lowest BCUT2D eigenvalue weighted by Crippen LogP contribution is -2.48. The maximum Gasteiger partial charge on any atom is 0.244 e. The van der Waals surface area contributed by atoms with Crippen molar-refractivity contribution in [3.05, 3.63) is 23.2 Å². The van der Waals surface area contributed by atoms with Gasteiger partial charge in [0.05, 0.1) is 23.4 Å². The average molecular weight is 271 g/mol. The Bertz CT molecular complexity index is 433. The van der Waals surface area contributed by atoms with Crippen molar-refractivity contribution in [1.29, 1.82) is 0 Å². The number of nitrogens with one attached hydrogen (secondary N) is 1. The van der Waals surface area contributed by atoms with E-state index < -0.39 is 5.54 Å². The van der Waals surface area contributed by atoms with Crippen molar-refractivity contribution < 1.29 is 9.53 Å². The van der Waals surface area contributed by atoms with E-state index in [2.05, 4.69) is 5.32 Å². The van der Waals surface area contributed by atoms with Crippen LogP contribution in [0.15, 0.2) is 18.2 Å². The van der Waals surface area contributed by atoms with Crippen LogP contribution >= 0.6 is 11.6 Å². The molecule has 0 radical (unpaired) electrons. The highest BCUT2D eigenvalue weighted by Gasteiger charge is 2.27. The van der Waals surface area contributed by atoms with Gasteiger partial charge in [0, 0.05) is 6.07 Å². The molecule has 1 aromatic rings. The maximum absolute atomic E-state index is 12.0. The second kappa shape index (κ2) is 6.07. The van der Waals surface area contributed by atoms with Crippen LogP contribution in [0.5, 0.6) is 5.75 Å². The van der Waals surface area contributed by atoms with Crippen molar-refractivity contribution in [3.63, 3.8) is 0 Å². The first kappa shape index (κ1) is 14.8. The van der Waals surface area contributed by atoms with Gasteiger partial charge >= 0.3 is 0 Å². The summed E-state index contributed by atoms with van der Waals surface area (Å²) in [5.74, 6) is 0.378. The standard InChI is InChI=1S/C13H19ClN2O2/c1-4-7-13(2,15)12(17)16-11-8-9(18-3)5-6-10(11)14/h5-6,8H,4,7,15H2,1-3H3,(H,16,17). The van der Waals surface area contributed by atoms with Crippen molar-refractivity contribution in [3.8, 4) is 5.75 Å². The quantitative estimate of drug-likeness (QED) is 0.865. The summed E-state index contributed by atoms with van der Waals surface area (Å²) in [6.45, 7) is 3.69. The molecular formula is C13H19ClN2O2. The molecular weight excluding hydrogens is 252 g/mol. The zero-order valence-corrected chi connectivity index (χ0v) is 11.7. The minimum Gasteiger partial charge on any atom is -0.497 e. The van der Waals surface area contributed by atoms with Gasteiger partial charge < -0.3 is 15.8 Å². The van der Waals surface area contributed by atoms with E-state index in [9.17, 15) is 4.79 Å². The summed E-state index contributed by atoms with van der Waals surface area (Å²) in [7, 11) is 1.55. The van der Waals surface area contributed by atoms with E-state index in [0.717, 1.165) is 6.42 Å². The third kappa shape index (κ3) is 3.62. The van der Waals surface area contributed by atoms with Crippen LogP contribution in [0.4, 0.5) is 5.69 Å². The smallest absolute Gasteiger partial charge is 0.244 e. The SMILES string of the molecule is CCCC(C)(N)C(=O)Nc1cc(OC)ccc1Cl. The van der Waals surface area contributed by atoms with Gasteiger partial charge in [0.25, 0.3) is 0 Å². The molecule has 3 N–H and O–H groups in total. The number of carbonyl (C=O) groups is 1. The highest BCUT2D eigenvalue weighted by atomic mass is 35.5. The Morgan fingerprint density at radius 3 is 2.78 bits per heavy atom. The lowest BCUT2D eigenvalue weighted by molar-refractivity contribution is -0.120. The van der Waals surface area contributed by atoms with Crippen LogP contribution in [0.3, 0.4) is 0 Å². The number of nitrogens with two attached hydrogens (primary N) is 1. The lowest BCUT2D eigenvalue weighted by atomic mass is 9.96. The molecule has 1 aromatic carbocycles. The molecule has 0 aliphatic heterocycles. The molecule has 0 spiro atoms. The highest BCUT2D eigenvalue weighted by molar-refractivity contribution is 6.33. The normalized spacial score (nSPS) is 13.8. The monoisotopic (exact) mass is 270 g/mol. The minimum atomic E-state index is -0.902. The van der Waals surface area contributed by atoms with Crippen molar-refractivity contribution in [1.82, 2.24) is 0 Å². The van der Waals surface area contributed by atoms with Gasteiger partial charge in [0.1, 0.15) is 5.75 Å². The molecule has 0 saturated carbocycles. The molecule has 5 heteroatoms. The van der Waals surface area contributed by atoms with Crippen LogP contribution < -0.4 is 15.8 Å². The van der Waals surface area contributed by atoms with Gasteiger partial charge in [-0.25, -0.2) is 0 Å². The van der Waals surface area contributed by atoms with Gasteiger partial charge in [-0.15, -0.1) is 0 Å². The molecule has 0 aromatic heterocycles. The van der Waals surface area contributed by atoms with Crippen LogP contribution in [0.2, 0.25) is 5.02 Å². The van der Waals surface area contributed by atoms with Gasteiger partial charge in [0.2, 0.25) is 5.91 Å². The van der Waals surface area contributed by atoms with E-state index in [1.807, 2.05) is 6.92 Å². The van der Waals surface area contributed by atoms with Gasteiger partial charge in [-0.2, -0.15) is 0 Å². The number of amides is 1. The molecule has 1 atom stereocenters. The van der Waals surface area contributed by atoms with Crippen LogP contribution in [0.25, 0.3) is 0 Å². The molecule has 4 nitrogen and oxygen atoms in total. The summed E-state index contributed by atoms with van der Waals surface area (Å²) < 4.78 is 5.08. The zero-order chi connectivity index (χ0) is 13.8. The molecule has 1 unspecified atom stereocenters. The number of hydrogen-bond acceptors (Lipinski definition) is 3. The van der Waals surface area contributed by atoms with E-state index in [0.29, 0.717) is 22.9 Å². The topological polar surface area (TPSA) is 64.4 Å². The van der Waals surface area contributed by atoms with Gasteiger partial charge in [0.15, 0.2) is 0 Å². The molecule has 0 saturated heterocycles. The predicted octanol–water partition coefficient (Wildman–Crippen LogP) is 2.80. The molecule has 0 heterocycles. The van der Waals surface area contributed by atoms with Crippen molar-refractivity contribution >= 4 is 23.2 Å². The molecule has 100 valence electrons. The number of carbonyl (C=O) groups excluding carboxylic acids is 1. The summed E-state index contributed by atoms with van der Waals surface area (Å²) in [5.41, 5.74) is 5.56. The number of rotatable bonds is 5. The van der Waals surface area contributed by atoms with E-state index in [1.54, 1.807) is 32.2 Å². The Kier molecular flexibility index (Phi) is 4.99. The number of methoxy groups -OCH3 is 1. The molecule has 0 fully saturated rings. The Labute approximate surface area is 112 Å². The summed E-state index contributed by atoms with van der Waals surface area (Å²) in [6, 6.07) is 5.07. The first-order chi connectivity index (χ1) is 8.40. The molecule has 0 aliphatic rings. The second-order valence-electron chi connectivity index (χ2n) is 4.47. The Morgan fingerprint density at radius 1 is 1.56 bits per heavy atom. The predicted molar refractivity (Wildman–Crippen MR) is 74.1 cm³/mol. The molecule has 1 amide bonds. The van der Waals surface area contributed by atoms with Gasteiger partial charge in [-0.3, -0.25) is 4.79 Å². The van der Waals surface area contributed by atoms with Crippen molar-refractivity contribution in [2.45, 2.75) is 32.2 Å². The molecule has 18 heavy (non-hydrogen) atoms. The zero-order valence-electron chi connectivity index (χ0n) is 10.9. The highest BCUT2D eigenvalue weighted by Crippen LogP contribution is 2.27. The third-order valence-electron chi connectivity index (χ3n) is 2.71. The first-order valence-corrected chi connectivity index (χ1v) is 6.22. The summed E-state index contributed by atoms with van der Waals surface area (Å²) in [5, 5.41) is 3.19. The number of halogens is 1. The summed E-state index contributed by atoms with van der Waals surface area (Å²) >= 11 is 6.01. The Hall–Kier alpha value is -1.26. The number of ether oxygens (including phenoxy) is 1. The van der Waals surface area contributed by atoms with Crippen molar-refractivity contribution in [2.24, 2.45) is 5.73 Å². The van der Waals surface area contributed by atoms with Gasteiger partial charge in [-0.05, 0) is 25.5 Å². The Morgan fingerprint density at radius 2 is 2.22 bits per heavy atom. The summed E-state index contributed by atoms with van der Waals surface area (Å²) in [4.78, 5) is 12.0. The maximum atomic E-state index is 12.0. The molecule has 1 rings (SSSR count).